The van der Waals surface area contributed by atoms with Crippen molar-refractivity contribution in [3.8, 4) is 5.75 Å². The fourth-order valence-electron chi connectivity index (χ4n) is 1.91. The molecular formula is C14H19BrINO2. The molecule has 106 valence electrons. The molecule has 0 aliphatic rings. The number of phenols is 1. The molecule has 1 aromatic rings. The zero-order valence-corrected chi connectivity index (χ0v) is 14.9. The lowest BCUT2D eigenvalue weighted by molar-refractivity contribution is 0.0951. The first-order valence-electron chi connectivity index (χ1n) is 6.40. The highest BCUT2D eigenvalue weighted by Crippen LogP contribution is 2.21. The topological polar surface area (TPSA) is 49.3 Å². The second-order valence-electron chi connectivity index (χ2n) is 4.47. The minimum Gasteiger partial charge on any atom is -0.507 e. The number of halogens is 2. The van der Waals surface area contributed by atoms with Gasteiger partial charge in [-0.1, -0.05) is 42.6 Å². The first kappa shape index (κ1) is 16.8. The van der Waals surface area contributed by atoms with Crippen molar-refractivity contribution in [3.05, 3.63) is 27.3 Å². The van der Waals surface area contributed by atoms with E-state index in [-0.39, 0.29) is 16.5 Å². The Bertz CT molecular complexity index is 435. The minimum absolute atomic E-state index is 0.142. The van der Waals surface area contributed by atoms with E-state index in [1.807, 2.05) is 22.6 Å². The Labute approximate surface area is 136 Å². The van der Waals surface area contributed by atoms with Gasteiger partial charge in [0.15, 0.2) is 0 Å². The predicted molar refractivity (Wildman–Crippen MR) is 89.9 cm³/mol. The van der Waals surface area contributed by atoms with Crippen molar-refractivity contribution in [1.82, 2.24) is 5.32 Å². The van der Waals surface area contributed by atoms with Gasteiger partial charge in [-0.05, 0) is 46.7 Å². The lowest BCUT2D eigenvalue weighted by Crippen LogP contribution is -2.32. The smallest absolute Gasteiger partial charge is 0.251 e. The highest BCUT2D eigenvalue weighted by atomic mass is 127. The van der Waals surface area contributed by atoms with Crippen molar-refractivity contribution < 1.29 is 9.90 Å². The second kappa shape index (κ2) is 8.09. The Hall–Kier alpha value is -0.300. The molecule has 1 atom stereocenters. The summed E-state index contributed by atoms with van der Waals surface area (Å²) in [5, 5.41) is 12.5. The van der Waals surface area contributed by atoms with Crippen molar-refractivity contribution >= 4 is 44.4 Å². The summed E-state index contributed by atoms with van der Waals surface area (Å²) in [4.78, 5) is 12.2. The van der Waals surface area contributed by atoms with Gasteiger partial charge in [0.05, 0.1) is 3.57 Å². The average Bonchev–Trinajstić information content (AvgIpc) is 2.40. The summed E-state index contributed by atoms with van der Waals surface area (Å²) in [5.41, 5.74) is 0.488. The van der Waals surface area contributed by atoms with Gasteiger partial charge < -0.3 is 10.4 Å². The van der Waals surface area contributed by atoms with E-state index >= 15 is 0 Å². The zero-order valence-electron chi connectivity index (χ0n) is 11.1. The summed E-state index contributed by atoms with van der Waals surface area (Å²) in [6, 6.07) is 4.95. The van der Waals surface area contributed by atoms with E-state index in [9.17, 15) is 9.90 Å². The SMILES string of the molecule is CCC(CC)C(Br)CNC(=O)c1ccc(I)c(O)c1. The maximum atomic E-state index is 12.0. The number of phenolic OH excluding ortho intramolecular Hbond substituents is 1. The lowest BCUT2D eigenvalue weighted by atomic mass is 9.99. The van der Waals surface area contributed by atoms with Crippen LogP contribution in [-0.4, -0.2) is 22.4 Å². The van der Waals surface area contributed by atoms with Gasteiger partial charge in [-0.3, -0.25) is 4.79 Å². The van der Waals surface area contributed by atoms with E-state index in [0.29, 0.717) is 18.0 Å². The monoisotopic (exact) mass is 439 g/mol. The Morgan fingerprint density at radius 2 is 2.05 bits per heavy atom. The van der Waals surface area contributed by atoms with E-state index in [0.717, 1.165) is 16.4 Å². The molecule has 3 nitrogen and oxygen atoms in total. The highest BCUT2D eigenvalue weighted by Gasteiger charge is 2.16. The number of nitrogens with one attached hydrogen (secondary N) is 1. The number of carbonyl (C=O) groups excluding carboxylic acids is 1. The van der Waals surface area contributed by atoms with Crippen LogP contribution in [0.15, 0.2) is 18.2 Å². The maximum Gasteiger partial charge on any atom is 0.251 e. The summed E-state index contributed by atoms with van der Waals surface area (Å²) in [7, 11) is 0. The van der Waals surface area contributed by atoms with E-state index in [4.69, 9.17) is 0 Å². The van der Waals surface area contributed by atoms with E-state index in [1.165, 1.54) is 6.07 Å². The third kappa shape index (κ3) is 4.95. The van der Waals surface area contributed by atoms with Gasteiger partial charge in [0.1, 0.15) is 5.75 Å². The van der Waals surface area contributed by atoms with Gasteiger partial charge in [0.25, 0.3) is 5.91 Å². The molecule has 0 aliphatic carbocycles. The Morgan fingerprint density at radius 1 is 1.42 bits per heavy atom. The number of hydrogen-bond acceptors (Lipinski definition) is 2. The van der Waals surface area contributed by atoms with Crippen LogP contribution < -0.4 is 5.32 Å². The van der Waals surface area contributed by atoms with Gasteiger partial charge in [0.2, 0.25) is 0 Å². The average molecular weight is 440 g/mol. The molecule has 0 saturated carbocycles. The molecule has 0 radical (unpaired) electrons. The Balaban J connectivity index is 2.58. The van der Waals surface area contributed by atoms with Crippen LogP contribution in [0.3, 0.4) is 0 Å². The molecule has 0 saturated heterocycles. The lowest BCUT2D eigenvalue weighted by Gasteiger charge is -2.19. The highest BCUT2D eigenvalue weighted by molar-refractivity contribution is 14.1. The molecular weight excluding hydrogens is 421 g/mol. The van der Waals surface area contributed by atoms with E-state index in [1.54, 1.807) is 12.1 Å². The second-order valence-corrected chi connectivity index (χ2v) is 6.81. The van der Waals surface area contributed by atoms with Crippen molar-refractivity contribution in [2.24, 2.45) is 5.92 Å². The van der Waals surface area contributed by atoms with Crippen molar-refractivity contribution in [1.29, 1.82) is 0 Å². The minimum atomic E-state index is -0.151. The summed E-state index contributed by atoms with van der Waals surface area (Å²) in [5.74, 6) is 0.552. The Kier molecular flexibility index (Phi) is 7.13. The molecule has 19 heavy (non-hydrogen) atoms. The molecule has 1 rings (SSSR count). The molecule has 0 spiro atoms. The molecule has 2 N–H and O–H groups in total. The molecule has 1 amide bonds. The van der Waals surface area contributed by atoms with Crippen LogP contribution in [0.2, 0.25) is 0 Å². The van der Waals surface area contributed by atoms with Gasteiger partial charge in [-0.2, -0.15) is 0 Å². The molecule has 0 aliphatic heterocycles. The van der Waals surface area contributed by atoms with Crippen LogP contribution in [0.25, 0.3) is 0 Å². The van der Waals surface area contributed by atoms with Gasteiger partial charge >= 0.3 is 0 Å². The first-order chi connectivity index (χ1) is 8.99. The molecule has 0 heterocycles. The van der Waals surface area contributed by atoms with Crippen molar-refractivity contribution in [2.45, 2.75) is 31.5 Å². The fourth-order valence-corrected chi connectivity index (χ4v) is 3.16. The third-order valence-corrected chi connectivity index (χ3v) is 5.21. The quantitative estimate of drug-likeness (QED) is 0.521. The van der Waals surface area contributed by atoms with Crippen LogP contribution in [0.1, 0.15) is 37.0 Å². The van der Waals surface area contributed by atoms with Crippen LogP contribution in [0.4, 0.5) is 0 Å². The normalized spacial score (nSPS) is 12.5. The van der Waals surface area contributed by atoms with Crippen LogP contribution in [-0.2, 0) is 0 Å². The summed E-state index contributed by atoms with van der Waals surface area (Å²) in [6.45, 7) is 4.90. The zero-order chi connectivity index (χ0) is 14.4. The van der Waals surface area contributed by atoms with Crippen LogP contribution in [0, 0.1) is 9.49 Å². The first-order valence-corrected chi connectivity index (χ1v) is 8.39. The number of benzene rings is 1. The van der Waals surface area contributed by atoms with Gasteiger partial charge in [-0.25, -0.2) is 0 Å². The maximum absolute atomic E-state index is 12.0. The fraction of sp³-hybridized carbons (Fsp3) is 0.500. The number of carbonyl (C=O) groups is 1. The third-order valence-electron chi connectivity index (χ3n) is 3.23. The molecule has 5 heteroatoms. The molecule has 0 bridgehead atoms. The van der Waals surface area contributed by atoms with E-state index in [2.05, 4.69) is 35.1 Å². The molecule has 0 aromatic heterocycles. The predicted octanol–water partition coefficient (Wildman–Crippen LogP) is 3.93. The Morgan fingerprint density at radius 3 is 2.58 bits per heavy atom. The van der Waals surface area contributed by atoms with E-state index < -0.39 is 0 Å². The largest absolute Gasteiger partial charge is 0.507 e. The van der Waals surface area contributed by atoms with Gasteiger partial charge in [-0.15, -0.1) is 0 Å². The van der Waals surface area contributed by atoms with Crippen LogP contribution >= 0.6 is 38.5 Å². The molecule has 0 fully saturated rings. The number of amides is 1. The number of hydrogen-bond donors (Lipinski definition) is 2. The summed E-state index contributed by atoms with van der Waals surface area (Å²) < 4.78 is 0.740. The number of rotatable bonds is 6. The molecule has 1 unspecified atom stereocenters. The summed E-state index contributed by atoms with van der Waals surface area (Å²) in [6.07, 6.45) is 2.18. The van der Waals surface area contributed by atoms with Crippen molar-refractivity contribution in [2.75, 3.05) is 6.54 Å². The summed E-state index contributed by atoms with van der Waals surface area (Å²) >= 11 is 5.65. The standard InChI is InChI=1S/C14H19BrINO2/c1-3-9(4-2)11(15)8-17-14(19)10-5-6-12(16)13(18)7-10/h5-7,9,11,18H,3-4,8H2,1-2H3,(H,17,19). The van der Waals surface area contributed by atoms with Crippen LogP contribution in [0.5, 0.6) is 5.75 Å². The number of aromatic hydroxyl groups is 1. The number of alkyl halides is 1. The van der Waals surface area contributed by atoms with Crippen molar-refractivity contribution in [3.63, 3.8) is 0 Å². The molecule has 1 aromatic carbocycles. The van der Waals surface area contributed by atoms with Gasteiger partial charge in [0, 0.05) is 16.9 Å².